The van der Waals surface area contributed by atoms with Crippen LogP contribution in [0.2, 0.25) is 0 Å². The van der Waals surface area contributed by atoms with Gasteiger partial charge in [0.15, 0.2) is 6.33 Å². The lowest BCUT2D eigenvalue weighted by Crippen LogP contribution is -2.34. The molecule has 1 unspecified atom stereocenters. The van der Waals surface area contributed by atoms with Gasteiger partial charge in [-0.05, 0) is 6.42 Å². The second-order valence-electron chi connectivity index (χ2n) is 3.10. The van der Waals surface area contributed by atoms with Gasteiger partial charge in [-0.25, -0.2) is 0 Å². The molecule has 0 saturated carbocycles. The molecule has 0 amide bonds. The molecule has 5 heteroatoms. The summed E-state index contributed by atoms with van der Waals surface area (Å²) in [7, 11) is 1.71. The molecule has 0 aliphatic carbocycles. The van der Waals surface area contributed by atoms with Crippen LogP contribution in [0.3, 0.4) is 0 Å². The fourth-order valence-corrected chi connectivity index (χ4v) is 1.21. The van der Waals surface area contributed by atoms with Crippen LogP contribution in [0.1, 0.15) is 19.2 Å². The van der Waals surface area contributed by atoms with Crippen molar-refractivity contribution < 1.29 is 9.26 Å². The van der Waals surface area contributed by atoms with Crippen molar-refractivity contribution in [2.24, 2.45) is 0 Å². The van der Waals surface area contributed by atoms with Gasteiger partial charge in [0, 0.05) is 26.1 Å². The van der Waals surface area contributed by atoms with Gasteiger partial charge in [-0.3, -0.25) is 0 Å². The number of nitrogens with one attached hydrogen (secondary N) is 1. The van der Waals surface area contributed by atoms with Crippen LogP contribution in [-0.2, 0) is 11.2 Å². The number of methoxy groups -OCH3 is 1. The quantitative estimate of drug-likeness (QED) is 0.697. The Morgan fingerprint density at radius 2 is 2.50 bits per heavy atom. The van der Waals surface area contributed by atoms with Gasteiger partial charge in [-0.2, -0.15) is 4.98 Å². The Balaban J connectivity index is 2.13. The average Bonchev–Trinajstić information content (AvgIpc) is 2.69. The first-order chi connectivity index (χ1) is 6.86. The molecule has 0 aromatic carbocycles. The maximum absolute atomic E-state index is 5.07. The smallest absolute Gasteiger partial charge is 0.227 e. The van der Waals surface area contributed by atoms with Gasteiger partial charge in [-0.1, -0.05) is 12.1 Å². The molecule has 1 aromatic rings. The molecule has 1 heterocycles. The number of hydrogen-bond donors (Lipinski definition) is 1. The van der Waals surface area contributed by atoms with Crippen molar-refractivity contribution in [3.05, 3.63) is 12.2 Å². The number of nitrogens with zero attached hydrogens (tertiary/aromatic N) is 2. The van der Waals surface area contributed by atoms with Crippen LogP contribution >= 0.6 is 0 Å². The summed E-state index contributed by atoms with van der Waals surface area (Å²) in [6, 6.07) is 0.405. The molecule has 0 spiro atoms. The summed E-state index contributed by atoms with van der Waals surface area (Å²) >= 11 is 0. The summed E-state index contributed by atoms with van der Waals surface area (Å²) in [6.07, 6.45) is 3.24. The molecule has 0 aliphatic heterocycles. The van der Waals surface area contributed by atoms with E-state index in [4.69, 9.17) is 9.26 Å². The van der Waals surface area contributed by atoms with E-state index in [2.05, 4.69) is 22.4 Å². The van der Waals surface area contributed by atoms with E-state index in [1.807, 2.05) is 0 Å². The second-order valence-corrected chi connectivity index (χ2v) is 3.10. The predicted molar refractivity (Wildman–Crippen MR) is 52.0 cm³/mol. The lowest BCUT2D eigenvalue weighted by Gasteiger charge is -2.14. The highest BCUT2D eigenvalue weighted by Gasteiger charge is 2.05. The van der Waals surface area contributed by atoms with Gasteiger partial charge in [0.05, 0.1) is 6.61 Å². The van der Waals surface area contributed by atoms with Crippen molar-refractivity contribution in [2.45, 2.75) is 25.8 Å². The first-order valence-electron chi connectivity index (χ1n) is 4.84. The van der Waals surface area contributed by atoms with Crippen molar-refractivity contribution >= 4 is 0 Å². The van der Waals surface area contributed by atoms with E-state index in [0.29, 0.717) is 11.9 Å². The first kappa shape index (κ1) is 11.1. The minimum absolute atomic E-state index is 0.405. The fourth-order valence-electron chi connectivity index (χ4n) is 1.21. The highest BCUT2D eigenvalue weighted by Crippen LogP contribution is 1.94. The Kier molecular flexibility index (Phi) is 5.17. The fraction of sp³-hybridized carbons (Fsp3) is 0.778. The maximum Gasteiger partial charge on any atom is 0.227 e. The lowest BCUT2D eigenvalue weighted by molar-refractivity contribution is 0.164. The number of aromatic nitrogens is 2. The molecule has 5 nitrogen and oxygen atoms in total. The van der Waals surface area contributed by atoms with Crippen LogP contribution < -0.4 is 5.32 Å². The molecule has 80 valence electrons. The predicted octanol–water partition coefficient (Wildman–Crippen LogP) is 0.627. The van der Waals surface area contributed by atoms with Crippen LogP contribution in [0.5, 0.6) is 0 Å². The van der Waals surface area contributed by atoms with Crippen molar-refractivity contribution in [3.63, 3.8) is 0 Å². The zero-order valence-electron chi connectivity index (χ0n) is 8.69. The zero-order valence-corrected chi connectivity index (χ0v) is 8.69. The van der Waals surface area contributed by atoms with Crippen LogP contribution in [0.4, 0.5) is 0 Å². The van der Waals surface area contributed by atoms with Gasteiger partial charge in [0.1, 0.15) is 0 Å². The van der Waals surface area contributed by atoms with E-state index < -0.39 is 0 Å². The monoisotopic (exact) mass is 199 g/mol. The third-order valence-corrected chi connectivity index (χ3v) is 2.04. The molecular weight excluding hydrogens is 182 g/mol. The number of hydrogen-bond acceptors (Lipinski definition) is 5. The Bertz CT molecular complexity index is 226. The lowest BCUT2D eigenvalue weighted by atomic mass is 10.2. The van der Waals surface area contributed by atoms with Crippen LogP contribution in [0.15, 0.2) is 10.9 Å². The summed E-state index contributed by atoms with van der Waals surface area (Å²) in [5.41, 5.74) is 0. The summed E-state index contributed by atoms with van der Waals surface area (Å²) in [4.78, 5) is 3.94. The molecule has 1 atom stereocenters. The van der Waals surface area contributed by atoms with E-state index in [1.165, 1.54) is 6.33 Å². The van der Waals surface area contributed by atoms with E-state index in [9.17, 15) is 0 Å². The molecular formula is C9H17N3O2. The molecule has 0 saturated heterocycles. The van der Waals surface area contributed by atoms with E-state index in [0.717, 1.165) is 26.0 Å². The Labute approximate surface area is 83.8 Å². The molecule has 0 bridgehead atoms. The number of rotatable bonds is 7. The minimum atomic E-state index is 0.405. The van der Waals surface area contributed by atoms with Crippen molar-refractivity contribution in [1.29, 1.82) is 0 Å². The largest absolute Gasteiger partial charge is 0.383 e. The van der Waals surface area contributed by atoms with Crippen LogP contribution in [-0.4, -0.2) is 36.4 Å². The standard InChI is InChI=1S/C9H17N3O2/c1-3-8(6-13-2)10-5-4-9-11-7-12-14-9/h7-8,10H,3-6H2,1-2H3. The van der Waals surface area contributed by atoms with E-state index in [-0.39, 0.29) is 0 Å². The second kappa shape index (κ2) is 6.50. The Morgan fingerprint density at radius 1 is 1.64 bits per heavy atom. The Hall–Kier alpha value is -0.940. The van der Waals surface area contributed by atoms with Gasteiger partial charge in [0.2, 0.25) is 5.89 Å². The van der Waals surface area contributed by atoms with Gasteiger partial charge in [0.25, 0.3) is 0 Å². The molecule has 0 fully saturated rings. The van der Waals surface area contributed by atoms with Gasteiger partial charge in [-0.15, -0.1) is 0 Å². The van der Waals surface area contributed by atoms with Crippen molar-refractivity contribution in [1.82, 2.24) is 15.5 Å². The SMILES string of the molecule is CCC(COC)NCCc1ncno1. The summed E-state index contributed by atoms with van der Waals surface area (Å²) in [5, 5.41) is 6.89. The Morgan fingerprint density at radius 3 is 3.07 bits per heavy atom. The normalized spacial score (nSPS) is 13.0. The maximum atomic E-state index is 5.07. The molecule has 0 radical (unpaired) electrons. The zero-order chi connectivity index (χ0) is 10.2. The summed E-state index contributed by atoms with van der Waals surface area (Å²) in [6.45, 7) is 3.70. The summed E-state index contributed by atoms with van der Waals surface area (Å²) in [5.74, 6) is 0.671. The van der Waals surface area contributed by atoms with E-state index in [1.54, 1.807) is 7.11 Å². The van der Waals surface area contributed by atoms with Crippen LogP contribution in [0.25, 0.3) is 0 Å². The van der Waals surface area contributed by atoms with Gasteiger partial charge >= 0.3 is 0 Å². The topological polar surface area (TPSA) is 60.2 Å². The molecule has 1 aromatic heterocycles. The summed E-state index contributed by atoms with van der Waals surface area (Å²) < 4.78 is 9.95. The highest BCUT2D eigenvalue weighted by atomic mass is 16.5. The third kappa shape index (κ3) is 3.85. The minimum Gasteiger partial charge on any atom is -0.383 e. The van der Waals surface area contributed by atoms with E-state index >= 15 is 0 Å². The first-order valence-corrected chi connectivity index (χ1v) is 4.84. The third-order valence-electron chi connectivity index (χ3n) is 2.04. The number of ether oxygens (including phenoxy) is 1. The molecule has 1 N–H and O–H groups in total. The van der Waals surface area contributed by atoms with Crippen molar-refractivity contribution in [2.75, 3.05) is 20.3 Å². The van der Waals surface area contributed by atoms with Crippen LogP contribution in [0, 0.1) is 0 Å². The highest BCUT2D eigenvalue weighted by molar-refractivity contribution is 4.76. The molecule has 14 heavy (non-hydrogen) atoms. The van der Waals surface area contributed by atoms with Crippen molar-refractivity contribution in [3.8, 4) is 0 Å². The molecule has 0 aliphatic rings. The average molecular weight is 199 g/mol. The molecule has 1 rings (SSSR count). The van der Waals surface area contributed by atoms with Gasteiger partial charge < -0.3 is 14.6 Å².